The van der Waals surface area contributed by atoms with Gasteiger partial charge in [0.05, 0.1) is 12.0 Å². The van der Waals surface area contributed by atoms with E-state index in [9.17, 15) is 4.79 Å². The zero-order valence-corrected chi connectivity index (χ0v) is 17.0. The number of hydrogen-bond acceptors (Lipinski definition) is 6. The third-order valence-electron chi connectivity index (χ3n) is 4.22. The first-order valence-corrected chi connectivity index (χ1v) is 10.4. The number of aryl methyl sites for hydroxylation is 2. The van der Waals surface area contributed by atoms with Crippen molar-refractivity contribution in [3.63, 3.8) is 0 Å². The molecule has 4 nitrogen and oxygen atoms in total. The van der Waals surface area contributed by atoms with E-state index in [-0.39, 0.29) is 11.2 Å². The highest BCUT2D eigenvalue weighted by molar-refractivity contribution is 8.00. The second-order valence-corrected chi connectivity index (χ2v) is 8.42. The van der Waals surface area contributed by atoms with Crippen LogP contribution in [-0.4, -0.2) is 27.8 Å². The lowest BCUT2D eigenvalue weighted by Crippen LogP contribution is -2.17. The summed E-state index contributed by atoms with van der Waals surface area (Å²) in [5.74, 6) is -0.202. The molecule has 0 bridgehead atoms. The summed E-state index contributed by atoms with van der Waals surface area (Å²) in [6, 6.07) is 6.46. The Kier molecular flexibility index (Phi) is 5.94. The number of hydrogen-bond donors (Lipinski definition) is 0. The van der Waals surface area contributed by atoms with Crippen LogP contribution in [0.5, 0.6) is 0 Å². The number of carbonyl (C=O) groups excluding carboxylic acids is 1. The van der Waals surface area contributed by atoms with Crippen molar-refractivity contribution in [2.75, 3.05) is 6.61 Å². The number of ether oxygens (including phenoxy) is 1. The van der Waals surface area contributed by atoms with Crippen molar-refractivity contribution >= 4 is 39.3 Å². The minimum absolute atomic E-state index is 0.202. The van der Waals surface area contributed by atoms with Gasteiger partial charge in [0.15, 0.2) is 0 Å². The summed E-state index contributed by atoms with van der Waals surface area (Å²) in [6.07, 6.45) is 2.39. The van der Waals surface area contributed by atoms with Gasteiger partial charge in [-0.15, -0.1) is 11.3 Å². The number of aromatic nitrogens is 2. The predicted octanol–water partition coefficient (Wildman–Crippen LogP) is 5.41. The molecule has 0 radical (unpaired) electrons. The van der Waals surface area contributed by atoms with Gasteiger partial charge in [-0.25, -0.2) is 9.97 Å². The molecule has 0 amide bonds. The van der Waals surface area contributed by atoms with E-state index in [1.807, 2.05) is 13.8 Å². The molecule has 3 rings (SSSR count). The summed E-state index contributed by atoms with van der Waals surface area (Å²) in [4.78, 5) is 21.9. The molecule has 0 saturated carbocycles. The van der Waals surface area contributed by atoms with Crippen molar-refractivity contribution in [1.29, 1.82) is 0 Å². The fourth-order valence-corrected chi connectivity index (χ4v) is 4.51. The Bertz CT molecular complexity index is 937. The monoisotopic (exact) mass is 386 g/mol. The standard InChI is InChI=1S/C20H22N2O2S2/c1-5-8-24-20(23)14(4)26-19-17-16(10-25-18(17)21-11-22-19)15-7-6-12(2)13(3)9-15/h6-7,9-11,14H,5,8H2,1-4H3/t14-/m1/s1. The van der Waals surface area contributed by atoms with E-state index in [1.165, 1.54) is 22.9 Å². The lowest BCUT2D eigenvalue weighted by molar-refractivity contribution is -0.142. The molecule has 0 spiro atoms. The SMILES string of the molecule is CCCOC(=O)[C@@H](C)Sc1ncnc2scc(-c3ccc(C)c(C)c3)c12. The van der Waals surface area contributed by atoms with Gasteiger partial charge in [0.2, 0.25) is 0 Å². The fraction of sp³-hybridized carbons (Fsp3) is 0.350. The molecule has 0 fully saturated rings. The van der Waals surface area contributed by atoms with E-state index >= 15 is 0 Å². The van der Waals surface area contributed by atoms with Crippen molar-refractivity contribution in [2.24, 2.45) is 0 Å². The molecule has 0 N–H and O–H groups in total. The number of benzene rings is 1. The molecule has 0 aliphatic heterocycles. The molecular formula is C20H22N2O2S2. The molecule has 0 unspecified atom stereocenters. The van der Waals surface area contributed by atoms with Gasteiger partial charge >= 0.3 is 5.97 Å². The number of rotatable bonds is 6. The minimum atomic E-state index is -0.313. The summed E-state index contributed by atoms with van der Waals surface area (Å²) < 4.78 is 5.26. The largest absolute Gasteiger partial charge is 0.465 e. The number of thioether (sulfide) groups is 1. The van der Waals surface area contributed by atoms with Crippen LogP contribution in [0.2, 0.25) is 0 Å². The van der Waals surface area contributed by atoms with Crippen LogP contribution in [0.1, 0.15) is 31.4 Å². The second kappa shape index (κ2) is 8.18. The third-order valence-corrected chi connectivity index (χ3v) is 6.19. The lowest BCUT2D eigenvalue weighted by atomic mass is 10.0. The van der Waals surface area contributed by atoms with Gasteiger partial charge in [-0.05, 0) is 43.9 Å². The molecule has 2 aromatic heterocycles. The maximum Gasteiger partial charge on any atom is 0.319 e. The van der Waals surface area contributed by atoms with Gasteiger partial charge < -0.3 is 4.74 Å². The first kappa shape index (κ1) is 18.9. The maximum absolute atomic E-state index is 12.1. The van der Waals surface area contributed by atoms with E-state index in [2.05, 4.69) is 47.4 Å². The Morgan fingerprint density at radius 2 is 2.08 bits per heavy atom. The molecule has 26 heavy (non-hydrogen) atoms. The molecule has 6 heteroatoms. The van der Waals surface area contributed by atoms with Crippen LogP contribution in [0.15, 0.2) is 34.9 Å². The predicted molar refractivity (Wildman–Crippen MR) is 109 cm³/mol. The van der Waals surface area contributed by atoms with E-state index < -0.39 is 0 Å². The van der Waals surface area contributed by atoms with E-state index in [0.717, 1.165) is 32.8 Å². The molecule has 0 saturated heterocycles. The average molecular weight is 387 g/mol. The van der Waals surface area contributed by atoms with Crippen molar-refractivity contribution in [1.82, 2.24) is 9.97 Å². The fourth-order valence-electron chi connectivity index (χ4n) is 2.59. The van der Waals surface area contributed by atoms with Crippen LogP contribution in [0.4, 0.5) is 0 Å². The number of fused-ring (bicyclic) bond motifs is 1. The van der Waals surface area contributed by atoms with Gasteiger partial charge in [-0.1, -0.05) is 36.9 Å². The lowest BCUT2D eigenvalue weighted by Gasteiger charge is -2.12. The topological polar surface area (TPSA) is 52.1 Å². The van der Waals surface area contributed by atoms with Crippen LogP contribution in [-0.2, 0) is 9.53 Å². The molecular weight excluding hydrogens is 364 g/mol. The van der Waals surface area contributed by atoms with E-state index in [0.29, 0.717) is 6.61 Å². The first-order valence-electron chi connectivity index (χ1n) is 8.64. The summed E-state index contributed by atoms with van der Waals surface area (Å²) in [6.45, 7) is 8.53. The van der Waals surface area contributed by atoms with Gasteiger partial charge in [-0.2, -0.15) is 0 Å². The van der Waals surface area contributed by atoms with Crippen LogP contribution >= 0.6 is 23.1 Å². The Morgan fingerprint density at radius 1 is 1.27 bits per heavy atom. The average Bonchev–Trinajstić information content (AvgIpc) is 3.07. The summed E-state index contributed by atoms with van der Waals surface area (Å²) in [5.41, 5.74) is 4.79. The van der Waals surface area contributed by atoms with Crippen molar-refractivity contribution in [3.8, 4) is 11.1 Å². The minimum Gasteiger partial charge on any atom is -0.465 e. The highest BCUT2D eigenvalue weighted by Crippen LogP contribution is 2.39. The van der Waals surface area contributed by atoms with Crippen molar-refractivity contribution in [3.05, 3.63) is 41.0 Å². The Morgan fingerprint density at radius 3 is 2.81 bits per heavy atom. The van der Waals surface area contributed by atoms with Crippen LogP contribution < -0.4 is 0 Å². The second-order valence-electron chi connectivity index (χ2n) is 6.23. The Labute approximate surface area is 162 Å². The maximum atomic E-state index is 12.1. The van der Waals surface area contributed by atoms with Crippen LogP contribution in [0.25, 0.3) is 21.3 Å². The molecule has 3 aromatic rings. The summed E-state index contributed by atoms with van der Waals surface area (Å²) in [7, 11) is 0. The van der Waals surface area contributed by atoms with Gasteiger partial charge in [0, 0.05) is 10.9 Å². The third kappa shape index (κ3) is 3.91. The highest BCUT2D eigenvalue weighted by Gasteiger charge is 2.20. The quantitative estimate of drug-likeness (QED) is 0.322. The molecule has 1 aromatic carbocycles. The summed E-state index contributed by atoms with van der Waals surface area (Å²) >= 11 is 3.04. The smallest absolute Gasteiger partial charge is 0.319 e. The number of carbonyl (C=O) groups is 1. The summed E-state index contributed by atoms with van der Waals surface area (Å²) in [5, 5.41) is 3.65. The molecule has 0 aliphatic carbocycles. The van der Waals surface area contributed by atoms with Crippen molar-refractivity contribution < 1.29 is 9.53 Å². The number of esters is 1. The van der Waals surface area contributed by atoms with Crippen LogP contribution in [0, 0.1) is 13.8 Å². The zero-order valence-electron chi connectivity index (χ0n) is 15.4. The number of thiophene rings is 1. The first-order chi connectivity index (χ1) is 12.5. The molecule has 136 valence electrons. The Hall–Kier alpha value is -1.92. The zero-order chi connectivity index (χ0) is 18.7. The van der Waals surface area contributed by atoms with Crippen LogP contribution in [0.3, 0.4) is 0 Å². The Balaban J connectivity index is 1.98. The van der Waals surface area contributed by atoms with E-state index in [4.69, 9.17) is 4.74 Å². The van der Waals surface area contributed by atoms with Gasteiger partial charge in [-0.3, -0.25) is 4.79 Å². The van der Waals surface area contributed by atoms with E-state index in [1.54, 1.807) is 17.7 Å². The highest BCUT2D eigenvalue weighted by atomic mass is 32.2. The number of nitrogens with zero attached hydrogens (tertiary/aromatic N) is 2. The molecule has 0 aliphatic rings. The molecule has 1 atom stereocenters. The molecule has 2 heterocycles. The van der Waals surface area contributed by atoms with Crippen molar-refractivity contribution in [2.45, 2.75) is 44.4 Å². The van der Waals surface area contributed by atoms with Gasteiger partial charge in [0.25, 0.3) is 0 Å². The normalized spacial score (nSPS) is 12.3. The van der Waals surface area contributed by atoms with Gasteiger partial charge in [0.1, 0.15) is 21.4 Å².